The quantitative estimate of drug-likeness (QED) is 0.324. The van der Waals surface area contributed by atoms with Gasteiger partial charge in [-0.05, 0) is 60.7 Å². The highest BCUT2D eigenvalue weighted by Gasteiger charge is 2.28. The molecule has 0 bridgehead atoms. The molecule has 1 aliphatic rings. The van der Waals surface area contributed by atoms with Crippen molar-refractivity contribution in [3.05, 3.63) is 62.2 Å². The van der Waals surface area contributed by atoms with Crippen molar-refractivity contribution >= 4 is 68.5 Å². The molecule has 1 aromatic carbocycles. The van der Waals surface area contributed by atoms with Crippen molar-refractivity contribution in [1.29, 1.82) is 0 Å². The van der Waals surface area contributed by atoms with Crippen LogP contribution < -0.4 is 10.6 Å². The van der Waals surface area contributed by atoms with Gasteiger partial charge in [-0.25, -0.2) is 4.79 Å². The number of nitrogens with zero attached hydrogens (tertiary/aromatic N) is 2. The van der Waals surface area contributed by atoms with Gasteiger partial charge in [-0.3, -0.25) is 4.68 Å². The third-order valence-corrected chi connectivity index (χ3v) is 7.46. The summed E-state index contributed by atoms with van der Waals surface area (Å²) in [5.74, 6) is 0.266. The number of ether oxygens (including phenoxy) is 1. The van der Waals surface area contributed by atoms with E-state index < -0.39 is 0 Å². The monoisotopic (exact) mass is 508 g/mol. The number of thiophene rings is 1. The molecule has 0 saturated heterocycles. The molecule has 1 aliphatic carbocycles. The van der Waals surface area contributed by atoms with Gasteiger partial charge < -0.3 is 15.4 Å². The lowest BCUT2D eigenvalue weighted by molar-refractivity contribution is 0.0601. The first-order valence-corrected chi connectivity index (χ1v) is 12.1. The van der Waals surface area contributed by atoms with Crippen LogP contribution in [0, 0.1) is 5.92 Å². The fourth-order valence-corrected chi connectivity index (χ4v) is 5.77. The van der Waals surface area contributed by atoms with Crippen molar-refractivity contribution < 1.29 is 9.53 Å². The average Bonchev–Trinajstić information content (AvgIpc) is 3.33. The second kappa shape index (κ2) is 9.79. The minimum absolute atomic E-state index is 0.336. The highest BCUT2D eigenvalue weighted by molar-refractivity contribution is 7.80. The van der Waals surface area contributed by atoms with Crippen molar-refractivity contribution in [2.24, 2.45) is 5.92 Å². The van der Waals surface area contributed by atoms with E-state index in [1.54, 1.807) is 28.3 Å². The van der Waals surface area contributed by atoms with Crippen LogP contribution in [0.15, 0.2) is 30.6 Å². The lowest BCUT2D eigenvalue weighted by Gasteiger charge is -2.18. The summed E-state index contributed by atoms with van der Waals surface area (Å²) in [6.45, 7) is 2.77. The molecule has 2 aromatic heterocycles. The van der Waals surface area contributed by atoms with Gasteiger partial charge in [-0.1, -0.05) is 36.2 Å². The van der Waals surface area contributed by atoms with Crippen LogP contribution in [0.5, 0.6) is 0 Å². The molecule has 2 N–H and O–H groups in total. The van der Waals surface area contributed by atoms with Crippen LogP contribution in [0.4, 0.5) is 10.7 Å². The summed E-state index contributed by atoms with van der Waals surface area (Å²) in [6, 6.07) is 5.49. The third-order valence-electron chi connectivity index (χ3n) is 5.35. The van der Waals surface area contributed by atoms with Crippen molar-refractivity contribution in [1.82, 2.24) is 9.78 Å². The van der Waals surface area contributed by atoms with E-state index >= 15 is 0 Å². The molecule has 10 heteroatoms. The second-order valence-corrected chi connectivity index (χ2v) is 10.1. The van der Waals surface area contributed by atoms with Crippen molar-refractivity contribution in [2.45, 2.75) is 32.7 Å². The van der Waals surface area contributed by atoms with Gasteiger partial charge in [0.15, 0.2) is 5.11 Å². The topological polar surface area (TPSA) is 68.2 Å². The van der Waals surface area contributed by atoms with Crippen molar-refractivity contribution in [3.8, 4) is 0 Å². The first-order chi connectivity index (χ1) is 15.3. The summed E-state index contributed by atoms with van der Waals surface area (Å²) < 4.78 is 6.81. The van der Waals surface area contributed by atoms with Gasteiger partial charge in [-0.15, -0.1) is 11.3 Å². The van der Waals surface area contributed by atoms with Gasteiger partial charge in [0.05, 0.1) is 41.1 Å². The Hall–Kier alpha value is -2.13. The Balaban J connectivity index is 1.45. The highest BCUT2D eigenvalue weighted by atomic mass is 35.5. The van der Waals surface area contributed by atoms with Gasteiger partial charge in [0.2, 0.25) is 0 Å². The molecule has 3 aromatic rings. The number of thiocarbonyl (C=S) groups is 1. The van der Waals surface area contributed by atoms with Crippen molar-refractivity contribution in [2.75, 3.05) is 17.7 Å². The number of aromatic nitrogens is 2. The molecule has 4 rings (SSSR count). The lowest BCUT2D eigenvalue weighted by Crippen LogP contribution is -2.20. The van der Waals surface area contributed by atoms with Gasteiger partial charge >= 0.3 is 5.97 Å². The largest absolute Gasteiger partial charge is 0.465 e. The molecule has 6 nitrogen and oxygen atoms in total. The number of anilines is 2. The maximum absolute atomic E-state index is 12.5. The molecule has 0 aliphatic heterocycles. The molecular formula is C22H22Cl2N4O2S2. The van der Waals surface area contributed by atoms with Crippen LogP contribution in [-0.4, -0.2) is 28.0 Å². The van der Waals surface area contributed by atoms with Crippen LogP contribution >= 0.6 is 46.8 Å². The number of hydrogen-bond acceptors (Lipinski definition) is 5. The standard InChI is InChI=1S/C22H22Cl2N4O2S2/c1-12-3-5-15-18(7-12)32-20(19(15)21(29)30-2)27-22(31)26-14-9-25-28(11-14)10-13-4-6-16(23)17(24)8-13/h4,6,8-9,11-12H,3,5,7,10H2,1-2H3,(H2,26,27,31). The van der Waals surface area contributed by atoms with Gasteiger partial charge in [0.25, 0.3) is 0 Å². The molecule has 2 heterocycles. The molecule has 32 heavy (non-hydrogen) atoms. The van der Waals surface area contributed by atoms with Gasteiger partial charge in [-0.2, -0.15) is 5.10 Å². The summed E-state index contributed by atoms with van der Waals surface area (Å²) >= 11 is 19.1. The number of fused-ring (bicyclic) bond motifs is 1. The zero-order valence-electron chi connectivity index (χ0n) is 17.6. The summed E-state index contributed by atoms with van der Waals surface area (Å²) in [7, 11) is 1.40. The zero-order valence-corrected chi connectivity index (χ0v) is 20.7. The van der Waals surface area contributed by atoms with E-state index in [4.69, 9.17) is 40.2 Å². The number of carbonyl (C=O) groups is 1. The number of rotatable bonds is 5. The predicted octanol–water partition coefficient (Wildman–Crippen LogP) is 6.02. The van der Waals surface area contributed by atoms with E-state index in [0.29, 0.717) is 33.2 Å². The Kier molecular flexibility index (Phi) is 7.05. The minimum Gasteiger partial charge on any atom is -0.465 e. The average molecular weight is 509 g/mol. The summed E-state index contributed by atoms with van der Waals surface area (Å²) in [6.07, 6.45) is 6.44. The Bertz CT molecular complexity index is 1170. The van der Waals surface area contributed by atoms with Crippen LogP contribution in [0.3, 0.4) is 0 Å². The Morgan fingerprint density at radius 2 is 2.16 bits per heavy atom. The van der Waals surface area contributed by atoms with E-state index in [1.165, 1.54) is 12.0 Å². The molecule has 0 fully saturated rings. The Morgan fingerprint density at radius 1 is 1.34 bits per heavy atom. The number of esters is 1. The van der Waals surface area contributed by atoms with Crippen molar-refractivity contribution in [3.63, 3.8) is 0 Å². The molecule has 0 radical (unpaired) electrons. The van der Waals surface area contributed by atoms with Crippen LogP contribution in [0.2, 0.25) is 10.0 Å². The Morgan fingerprint density at radius 3 is 2.91 bits per heavy atom. The van der Waals surface area contributed by atoms with Crippen LogP contribution in [-0.2, 0) is 24.1 Å². The minimum atomic E-state index is -0.336. The SMILES string of the molecule is COC(=O)c1c(NC(=S)Nc2cnn(Cc3ccc(Cl)c(Cl)c3)c2)sc2c1CCC(C)C2. The number of carbonyl (C=O) groups excluding carboxylic acids is 1. The number of methoxy groups -OCH3 is 1. The fraction of sp³-hybridized carbons (Fsp3) is 0.318. The molecule has 1 atom stereocenters. The van der Waals surface area contributed by atoms with E-state index in [-0.39, 0.29) is 5.97 Å². The molecular weight excluding hydrogens is 487 g/mol. The third kappa shape index (κ3) is 5.09. The summed E-state index contributed by atoms with van der Waals surface area (Å²) in [5, 5.41) is 12.8. The zero-order chi connectivity index (χ0) is 22.8. The summed E-state index contributed by atoms with van der Waals surface area (Å²) in [4.78, 5) is 13.7. The van der Waals surface area contributed by atoms with E-state index in [2.05, 4.69) is 22.7 Å². The van der Waals surface area contributed by atoms with E-state index in [0.717, 1.165) is 41.1 Å². The fourth-order valence-electron chi connectivity index (χ4n) is 3.76. The number of nitrogens with one attached hydrogen (secondary N) is 2. The first kappa shape index (κ1) is 23.0. The highest BCUT2D eigenvalue weighted by Crippen LogP contribution is 2.40. The Labute approximate surface area is 205 Å². The van der Waals surface area contributed by atoms with Crippen LogP contribution in [0.25, 0.3) is 0 Å². The normalized spacial score (nSPS) is 15.2. The smallest absolute Gasteiger partial charge is 0.341 e. The molecule has 168 valence electrons. The van der Waals surface area contributed by atoms with Crippen LogP contribution in [0.1, 0.15) is 39.7 Å². The maximum Gasteiger partial charge on any atom is 0.341 e. The molecule has 0 saturated carbocycles. The number of benzene rings is 1. The lowest BCUT2D eigenvalue weighted by atomic mass is 9.88. The number of halogens is 2. The first-order valence-electron chi connectivity index (χ1n) is 10.1. The second-order valence-electron chi connectivity index (χ2n) is 7.80. The molecule has 0 amide bonds. The molecule has 0 spiro atoms. The van der Waals surface area contributed by atoms with Gasteiger partial charge in [0.1, 0.15) is 5.00 Å². The predicted molar refractivity (Wildman–Crippen MR) is 134 cm³/mol. The van der Waals surface area contributed by atoms with E-state index in [9.17, 15) is 4.79 Å². The molecule has 1 unspecified atom stereocenters. The maximum atomic E-state index is 12.5. The van der Waals surface area contributed by atoms with Gasteiger partial charge in [0, 0.05) is 11.1 Å². The number of hydrogen-bond donors (Lipinski definition) is 2. The summed E-state index contributed by atoms with van der Waals surface area (Å²) in [5.41, 5.74) is 3.39. The van der Waals surface area contributed by atoms with E-state index in [1.807, 2.05) is 18.3 Å².